The molecular formula is C15H21NO6S2. The molecule has 3 rings (SSSR count). The monoisotopic (exact) mass is 375 g/mol. The lowest BCUT2D eigenvalue weighted by Gasteiger charge is -2.32. The van der Waals surface area contributed by atoms with Crippen molar-refractivity contribution in [3.8, 4) is 0 Å². The third kappa shape index (κ3) is 3.14. The maximum Gasteiger partial charge on any atom is 0.270 e. The van der Waals surface area contributed by atoms with Gasteiger partial charge >= 0.3 is 0 Å². The van der Waals surface area contributed by atoms with Crippen molar-refractivity contribution < 1.29 is 26.9 Å². The van der Waals surface area contributed by atoms with Crippen molar-refractivity contribution in [3.63, 3.8) is 0 Å². The Morgan fingerprint density at radius 3 is 2.92 bits per heavy atom. The lowest BCUT2D eigenvalue weighted by molar-refractivity contribution is -0.133. The first-order valence-electron chi connectivity index (χ1n) is 7.86. The average molecular weight is 375 g/mol. The molecule has 0 aromatic rings. The number of ether oxygens (including phenoxy) is 1. The van der Waals surface area contributed by atoms with E-state index < -0.39 is 21.5 Å². The predicted octanol–water partition coefficient (Wildman–Crippen LogP) is 0.461. The first-order valence-corrected chi connectivity index (χ1v) is 10.3. The number of hydrogen-bond acceptors (Lipinski definition) is 7. The van der Waals surface area contributed by atoms with E-state index in [4.69, 9.17) is 8.92 Å². The Kier molecular flexibility index (Phi) is 4.80. The summed E-state index contributed by atoms with van der Waals surface area (Å²) in [4.78, 5) is 22.9. The van der Waals surface area contributed by atoms with Crippen molar-refractivity contribution >= 4 is 32.9 Å². The molecular weight excluding hydrogens is 354 g/mol. The standard InChI is InChI=1S/C15H21NO6S2/c1-3-12(18)23-5-4-16-11(17)8-21-14-13-9-6-15(14,2)7-10(9)24(19,20)22-13/h3,9-10,13-14H,1,4-8H2,2H3,(H,16,17). The van der Waals surface area contributed by atoms with Crippen LogP contribution in [0.3, 0.4) is 0 Å². The van der Waals surface area contributed by atoms with E-state index in [0.29, 0.717) is 18.7 Å². The van der Waals surface area contributed by atoms with Crippen LogP contribution >= 0.6 is 11.8 Å². The number of amides is 1. The Balaban J connectivity index is 1.47. The van der Waals surface area contributed by atoms with Gasteiger partial charge in [0.05, 0.1) is 11.4 Å². The molecule has 0 radical (unpaired) electrons. The summed E-state index contributed by atoms with van der Waals surface area (Å²) >= 11 is 1.08. The maximum atomic E-state index is 12.0. The summed E-state index contributed by atoms with van der Waals surface area (Å²) in [5, 5.41) is 2.12. The molecule has 2 bridgehead atoms. The van der Waals surface area contributed by atoms with Crippen LogP contribution in [0.4, 0.5) is 0 Å². The fourth-order valence-corrected chi connectivity index (χ4v) is 6.61. The molecule has 2 saturated carbocycles. The predicted molar refractivity (Wildman–Crippen MR) is 88.8 cm³/mol. The number of rotatable bonds is 7. The van der Waals surface area contributed by atoms with Crippen LogP contribution < -0.4 is 5.32 Å². The van der Waals surface area contributed by atoms with Crippen LogP contribution in [-0.2, 0) is 28.6 Å². The molecule has 9 heteroatoms. The number of carbonyl (C=O) groups excluding carboxylic acids is 2. The van der Waals surface area contributed by atoms with Crippen molar-refractivity contribution in [2.45, 2.75) is 37.2 Å². The van der Waals surface area contributed by atoms with Gasteiger partial charge in [-0.15, -0.1) is 0 Å². The average Bonchev–Trinajstić information content (AvgIpc) is 3.06. The third-order valence-electron chi connectivity index (χ3n) is 5.10. The van der Waals surface area contributed by atoms with Crippen molar-refractivity contribution in [3.05, 3.63) is 12.7 Å². The maximum absolute atomic E-state index is 12.0. The Bertz CT molecular complexity index is 663. The van der Waals surface area contributed by atoms with Crippen LogP contribution in [0.5, 0.6) is 0 Å². The fraction of sp³-hybridized carbons (Fsp3) is 0.733. The summed E-state index contributed by atoms with van der Waals surface area (Å²) in [7, 11) is -3.49. The van der Waals surface area contributed by atoms with Crippen molar-refractivity contribution in [1.82, 2.24) is 5.32 Å². The smallest absolute Gasteiger partial charge is 0.270 e. The normalized spacial score (nSPS) is 38.2. The molecule has 1 N–H and O–H groups in total. The van der Waals surface area contributed by atoms with Crippen LogP contribution in [0.1, 0.15) is 19.8 Å². The molecule has 1 saturated heterocycles. The van der Waals surface area contributed by atoms with Gasteiger partial charge in [-0.3, -0.25) is 13.8 Å². The van der Waals surface area contributed by atoms with Gasteiger partial charge in [-0.25, -0.2) is 0 Å². The molecule has 134 valence electrons. The molecule has 0 aromatic heterocycles. The van der Waals surface area contributed by atoms with Gasteiger partial charge in [0, 0.05) is 18.2 Å². The van der Waals surface area contributed by atoms with Crippen molar-refractivity contribution in [1.29, 1.82) is 0 Å². The summed E-state index contributed by atoms with van der Waals surface area (Å²) in [5.41, 5.74) is -0.254. The topological polar surface area (TPSA) is 98.8 Å². The van der Waals surface area contributed by atoms with Gasteiger partial charge in [-0.2, -0.15) is 8.42 Å². The number of nitrogens with one attached hydrogen (secondary N) is 1. The quantitative estimate of drug-likeness (QED) is 0.392. The van der Waals surface area contributed by atoms with Gasteiger partial charge in [-0.05, 0) is 24.3 Å². The molecule has 1 aliphatic heterocycles. The number of carbonyl (C=O) groups is 2. The molecule has 5 unspecified atom stereocenters. The minimum absolute atomic E-state index is 0.0191. The van der Waals surface area contributed by atoms with E-state index >= 15 is 0 Å². The minimum atomic E-state index is -3.49. The second-order valence-corrected chi connectivity index (χ2v) is 9.65. The summed E-state index contributed by atoms with van der Waals surface area (Å²) in [5.74, 6) is 0.158. The lowest BCUT2D eigenvalue weighted by Crippen LogP contribution is -2.43. The van der Waals surface area contributed by atoms with E-state index in [9.17, 15) is 18.0 Å². The van der Waals surface area contributed by atoms with Crippen molar-refractivity contribution in [2.75, 3.05) is 18.9 Å². The third-order valence-corrected chi connectivity index (χ3v) is 7.71. The molecule has 0 aromatic carbocycles. The molecule has 0 spiro atoms. The highest BCUT2D eigenvalue weighted by Crippen LogP contribution is 2.61. The Hall–Kier alpha value is -0.900. The minimum Gasteiger partial charge on any atom is -0.365 e. The van der Waals surface area contributed by atoms with Gasteiger partial charge in [-0.1, -0.05) is 25.3 Å². The lowest BCUT2D eigenvalue weighted by atomic mass is 9.82. The van der Waals surface area contributed by atoms with Crippen LogP contribution in [0.15, 0.2) is 12.7 Å². The number of fused-ring (bicyclic) bond motifs is 1. The van der Waals surface area contributed by atoms with Gasteiger partial charge in [0.25, 0.3) is 10.1 Å². The van der Waals surface area contributed by atoms with Crippen LogP contribution in [-0.4, -0.2) is 55.8 Å². The Labute approximate surface area is 145 Å². The molecule has 7 nitrogen and oxygen atoms in total. The van der Waals surface area contributed by atoms with Crippen molar-refractivity contribution in [2.24, 2.45) is 11.3 Å². The number of hydrogen-bond donors (Lipinski definition) is 1. The summed E-state index contributed by atoms with van der Waals surface area (Å²) < 4.78 is 34.9. The van der Waals surface area contributed by atoms with E-state index in [-0.39, 0.29) is 35.1 Å². The Morgan fingerprint density at radius 1 is 1.46 bits per heavy atom. The highest BCUT2D eigenvalue weighted by atomic mass is 32.2. The molecule has 1 amide bonds. The van der Waals surface area contributed by atoms with Gasteiger partial charge < -0.3 is 10.1 Å². The van der Waals surface area contributed by atoms with Gasteiger partial charge in [0.2, 0.25) is 11.0 Å². The molecule has 3 fully saturated rings. The van der Waals surface area contributed by atoms with Crippen LogP contribution in [0.25, 0.3) is 0 Å². The molecule has 24 heavy (non-hydrogen) atoms. The number of thioether (sulfide) groups is 1. The molecule has 2 aliphatic carbocycles. The van der Waals surface area contributed by atoms with Crippen LogP contribution in [0, 0.1) is 11.3 Å². The van der Waals surface area contributed by atoms with Gasteiger partial charge in [0.15, 0.2) is 0 Å². The SMILES string of the molecule is C=CC(=O)SCCNC(=O)COC1C2OS(=O)(=O)C3CC1(C)CC23. The van der Waals surface area contributed by atoms with E-state index in [2.05, 4.69) is 11.9 Å². The van der Waals surface area contributed by atoms with E-state index in [1.165, 1.54) is 6.08 Å². The molecule has 3 aliphatic rings. The summed E-state index contributed by atoms with van der Waals surface area (Å²) in [6, 6.07) is 0. The summed E-state index contributed by atoms with van der Waals surface area (Å²) in [6.07, 6.45) is 1.68. The van der Waals surface area contributed by atoms with E-state index in [1.807, 2.05) is 6.92 Å². The largest absolute Gasteiger partial charge is 0.365 e. The second-order valence-electron chi connectivity index (χ2n) is 6.77. The highest BCUT2D eigenvalue weighted by Gasteiger charge is 2.69. The van der Waals surface area contributed by atoms with E-state index in [1.54, 1.807) is 0 Å². The first kappa shape index (κ1) is 17.9. The zero-order valence-corrected chi connectivity index (χ0v) is 15.0. The highest BCUT2D eigenvalue weighted by molar-refractivity contribution is 8.14. The Morgan fingerprint density at radius 2 is 2.21 bits per heavy atom. The van der Waals surface area contributed by atoms with E-state index in [0.717, 1.165) is 18.2 Å². The zero-order valence-electron chi connectivity index (χ0n) is 13.4. The van der Waals surface area contributed by atoms with Gasteiger partial charge in [0.1, 0.15) is 12.7 Å². The van der Waals surface area contributed by atoms with Crippen LogP contribution in [0.2, 0.25) is 0 Å². The second kappa shape index (κ2) is 6.44. The summed E-state index contributed by atoms with van der Waals surface area (Å²) in [6.45, 7) is 5.59. The molecule has 1 heterocycles. The molecule has 5 atom stereocenters. The fourth-order valence-electron chi connectivity index (χ4n) is 4.12. The first-order chi connectivity index (χ1) is 11.3. The zero-order chi connectivity index (χ0) is 17.5.